The summed E-state index contributed by atoms with van der Waals surface area (Å²) in [6.07, 6.45) is 0. The number of rotatable bonds is 6. The molecule has 2 aromatic rings. The Labute approximate surface area is 169 Å². The van der Waals surface area contributed by atoms with Crippen molar-refractivity contribution in [2.75, 3.05) is 20.8 Å². The van der Waals surface area contributed by atoms with Crippen molar-refractivity contribution < 1.29 is 19.0 Å². The van der Waals surface area contributed by atoms with Gasteiger partial charge in [0.2, 0.25) is 0 Å². The van der Waals surface area contributed by atoms with Gasteiger partial charge in [0.05, 0.1) is 38.1 Å². The highest BCUT2D eigenvalue weighted by Gasteiger charge is 2.34. The van der Waals surface area contributed by atoms with E-state index in [1.165, 1.54) is 0 Å². The fraction of sp³-hybridized carbons (Fsp3) is 0.238. The van der Waals surface area contributed by atoms with E-state index in [9.17, 15) is 4.79 Å². The van der Waals surface area contributed by atoms with E-state index in [4.69, 9.17) is 26.4 Å². The number of nitrogens with one attached hydrogen (secondary N) is 2. The third-order valence-corrected chi connectivity index (χ3v) is 4.60. The molecule has 0 bridgehead atoms. The zero-order valence-electron chi connectivity index (χ0n) is 15.9. The first kappa shape index (κ1) is 19.7. The van der Waals surface area contributed by atoms with Gasteiger partial charge in [0.25, 0.3) is 0 Å². The highest BCUT2D eigenvalue weighted by Crippen LogP contribution is 2.37. The quantitative estimate of drug-likeness (QED) is 0.572. The zero-order chi connectivity index (χ0) is 20.1. The van der Waals surface area contributed by atoms with Crippen LogP contribution in [0.4, 0.5) is 0 Å². The Kier molecular flexibility index (Phi) is 6.16. The lowest BCUT2D eigenvalue weighted by Gasteiger charge is -2.32. The maximum atomic E-state index is 13.0. The maximum absolute atomic E-state index is 13.0. The van der Waals surface area contributed by atoms with Crippen LogP contribution in [0.3, 0.4) is 0 Å². The molecule has 0 radical (unpaired) electrons. The van der Waals surface area contributed by atoms with Crippen molar-refractivity contribution in [2.24, 2.45) is 0 Å². The van der Waals surface area contributed by atoms with Crippen LogP contribution >= 0.6 is 12.2 Å². The number of benzene rings is 2. The van der Waals surface area contributed by atoms with Gasteiger partial charge in [-0.1, -0.05) is 30.3 Å². The van der Waals surface area contributed by atoms with Crippen LogP contribution in [0.25, 0.3) is 5.70 Å². The van der Waals surface area contributed by atoms with E-state index >= 15 is 0 Å². The second-order valence-corrected chi connectivity index (χ2v) is 6.42. The summed E-state index contributed by atoms with van der Waals surface area (Å²) in [5.41, 5.74) is 2.59. The van der Waals surface area contributed by atoms with E-state index in [2.05, 4.69) is 10.6 Å². The lowest BCUT2D eigenvalue weighted by atomic mass is 9.92. The van der Waals surface area contributed by atoms with Gasteiger partial charge < -0.3 is 24.8 Å². The van der Waals surface area contributed by atoms with Crippen molar-refractivity contribution >= 4 is 29.0 Å². The van der Waals surface area contributed by atoms with Gasteiger partial charge in [-0.3, -0.25) is 0 Å². The minimum atomic E-state index is -0.562. The van der Waals surface area contributed by atoms with Gasteiger partial charge in [0.1, 0.15) is 11.5 Å². The fourth-order valence-electron chi connectivity index (χ4n) is 3.12. The summed E-state index contributed by atoms with van der Waals surface area (Å²) in [6.45, 7) is 2.03. The fourth-order valence-corrected chi connectivity index (χ4v) is 3.34. The molecule has 0 aromatic heterocycles. The van der Waals surface area contributed by atoms with Crippen LogP contribution in [0.1, 0.15) is 24.1 Å². The Bertz CT molecular complexity index is 912. The smallest absolute Gasteiger partial charge is 0.338 e. The van der Waals surface area contributed by atoms with E-state index in [0.29, 0.717) is 27.9 Å². The van der Waals surface area contributed by atoms with Crippen molar-refractivity contribution in [2.45, 2.75) is 13.0 Å². The second-order valence-electron chi connectivity index (χ2n) is 6.01. The van der Waals surface area contributed by atoms with Crippen molar-refractivity contribution in [3.8, 4) is 11.5 Å². The molecule has 7 heteroatoms. The molecule has 0 spiro atoms. The first-order chi connectivity index (χ1) is 13.6. The summed E-state index contributed by atoms with van der Waals surface area (Å²) in [4.78, 5) is 13.0. The van der Waals surface area contributed by atoms with Crippen LogP contribution < -0.4 is 20.1 Å². The minimum Gasteiger partial charge on any atom is -0.497 e. The Morgan fingerprint density at radius 3 is 2.50 bits per heavy atom. The highest BCUT2D eigenvalue weighted by atomic mass is 32.1. The Balaban J connectivity index is 2.23. The first-order valence-corrected chi connectivity index (χ1v) is 9.26. The van der Waals surface area contributed by atoms with Gasteiger partial charge in [0.15, 0.2) is 5.11 Å². The number of thiocarbonyl (C=S) groups is 1. The van der Waals surface area contributed by atoms with E-state index in [1.54, 1.807) is 33.3 Å². The number of carbonyl (C=O) groups excluding carboxylic acids is 1. The number of ether oxygens (including phenoxy) is 3. The van der Waals surface area contributed by atoms with Crippen molar-refractivity contribution in [1.82, 2.24) is 10.6 Å². The average Bonchev–Trinajstić information content (AvgIpc) is 2.73. The molecule has 0 aliphatic carbocycles. The summed E-state index contributed by atoms with van der Waals surface area (Å²) >= 11 is 5.42. The predicted molar refractivity (Wildman–Crippen MR) is 111 cm³/mol. The van der Waals surface area contributed by atoms with Crippen LogP contribution in [0, 0.1) is 0 Å². The zero-order valence-corrected chi connectivity index (χ0v) is 16.8. The maximum Gasteiger partial charge on any atom is 0.338 e. The lowest BCUT2D eigenvalue weighted by Crippen LogP contribution is -2.45. The topological polar surface area (TPSA) is 68.8 Å². The largest absolute Gasteiger partial charge is 0.497 e. The molecule has 1 atom stereocenters. The number of hydrogen-bond acceptors (Lipinski definition) is 5. The SMILES string of the molecule is CCOC(=O)C1=C(c2ccccc2)NC(=S)N[C@@H]1c1cc(OC)ccc1OC. The minimum absolute atomic E-state index is 0.261. The van der Waals surface area contributed by atoms with Gasteiger partial charge in [-0.15, -0.1) is 0 Å². The third kappa shape index (κ3) is 3.94. The summed E-state index contributed by atoms with van der Waals surface area (Å²) in [5, 5.41) is 6.69. The molecule has 0 amide bonds. The summed E-state index contributed by atoms with van der Waals surface area (Å²) in [5.74, 6) is 0.822. The van der Waals surface area contributed by atoms with E-state index in [0.717, 1.165) is 11.1 Å². The second kappa shape index (κ2) is 8.75. The summed E-state index contributed by atoms with van der Waals surface area (Å²) in [7, 11) is 3.17. The normalized spacial score (nSPS) is 16.1. The summed E-state index contributed by atoms with van der Waals surface area (Å²) < 4.78 is 16.2. The average molecular weight is 398 g/mol. The summed E-state index contributed by atoms with van der Waals surface area (Å²) in [6, 6.07) is 14.4. The molecule has 0 saturated heterocycles. The molecule has 1 aliphatic rings. The van der Waals surface area contributed by atoms with Crippen LogP contribution in [-0.4, -0.2) is 31.9 Å². The molecule has 1 heterocycles. The van der Waals surface area contributed by atoms with Crippen LogP contribution in [0.15, 0.2) is 54.1 Å². The molecule has 146 valence electrons. The van der Waals surface area contributed by atoms with E-state index in [1.807, 2.05) is 36.4 Å². The van der Waals surface area contributed by atoms with Crippen molar-refractivity contribution in [3.63, 3.8) is 0 Å². The number of methoxy groups -OCH3 is 2. The van der Waals surface area contributed by atoms with Crippen LogP contribution in [0.2, 0.25) is 0 Å². The number of hydrogen-bond donors (Lipinski definition) is 2. The van der Waals surface area contributed by atoms with Crippen LogP contribution in [0.5, 0.6) is 11.5 Å². The van der Waals surface area contributed by atoms with Gasteiger partial charge in [0, 0.05) is 5.56 Å². The molecule has 2 aromatic carbocycles. The van der Waals surface area contributed by atoms with E-state index in [-0.39, 0.29) is 6.61 Å². The molecule has 0 unspecified atom stereocenters. The molecule has 1 aliphatic heterocycles. The van der Waals surface area contributed by atoms with Gasteiger partial charge >= 0.3 is 5.97 Å². The van der Waals surface area contributed by atoms with Gasteiger partial charge in [-0.25, -0.2) is 4.79 Å². The molecular formula is C21H22N2O4S. The molecule has 0 fully saturated rings. The Morgan fingerprint density at radius 2 is 1.86 bits per heavy atom. The third-order valence-electron chi connectivity index (χ3n) is 4.38. The molecular weight excluding hydrogens is 376 g/mol. The molecule has 0 saturated carbocycles. The molecule has 2 N–H and O–H groups in total. The Morgan fingerprint density at radius 1 is 1.11 bits per heavy atom. The Hall–Kier alpha value is -3.06. The van der Waals surface area contributed by atoms with Gasteiger partial charge in [-0.05, 0) is 42.9 Å². The number of carbonyl (C=O) groups is 1. The van der Waals surface area contributed by atoms with Gasteiger partial charge in [-0.2, -0.15) is 0 Å². The number of esters is 1. The predicted octanol–water partition coefficient (Wildman–Crippen LogP) is 3.20. The van der Waals surface area contributed by atoms with Crippen molar-refractivity contribution in [3.05, 3.63) is 65.2 Å². The van der Waals surface area contributed by atoms with E-state index < -0.39 is 12.0 Å². The first-order valence-electron chi connectivity index (χ1n) is 8.85. The molecule has 28 heavy (non-hydrogen) atoms. The monoisotopic (exact) mass is 398 g/mol. The standard InChI is InChI=1S/C21H22N2O4S/c1-4-27-20(24)17-18(13-8-6-5-7-9-13)22-21(28)23-19(17)15-12-14(25-2)10-11-16(15)26-3/h5-12,19H,4H2,1-3H3,(H2,22,23,28)/t19-/m1/s1. The lowest BCUT2D eigenvalue weighted by molar-refractivity contribution is -0.138. The highest BCUT2D eigenvalue weighted by molar-refractivity contribution is 7.80. The van der Waals surface area contributed by atoms with Crippen molar-refractivity contribution in [1.29, 1.82) is 0 Å². The molecule has 3 rings (SSSR count). The molecule has 6 nitrogen and oxygen atoms in total. The van der Waals surface area contributed by atoms with Crippen LogP contribution in [-0.2, 0) is 9.53 Å².